The highest BCUT2D eigenvalue weighted by molar-refractivity contribution is 6.02. The van der Waals surface area contributed by atoms with E-state index >= 15 is 8.78 Å². The Labute approximate surface area is 294 Å². The van der Waals surface area contributed by atoms with E-state index in [4.69, 9.17) is 19.2 Å². The maximum atomic E-state index is 17.1. The number of halogens is 2. The van der Waals surface area contributed by atoms with E-state index < -0.39 is 17.2 Å². The first kappa shape index (κ1) is 33.7. The van der Waals surface area contributed by atoms with Crippen molar-refractivity contribution in [3.8, 4) is 35.0 Å². The number of phenolic OH excluding ortho intramolecular Hbond substituents is 1. The Hall–Kier alpha value is -4.38. The van der Waals surface area contributed by atoms with Gasteiger partial charge >= 0.3 is 6.01 Å². The van der Waals surface area contributed by atoms with Crippen molar-refractivity contribution in [2.75, 3.05) is 51.5 Å². The number of methoxy groups -OCH3 is 1. The van der Waals surface area contributed by atoms with E-state index in [1.54, 1.807) is 17.9 Å². The molecule has 0 unspecified atom stereocenters. The number of nitrogens with zero attached hydrogens (tertiary/aromatic N) is 6. The highest BCUT2D eigenvalue weighted by Crippen LogP contribution is 2.51. The number of aliphatic hydroxyl groups is 1. The van der Waals surface area contributed by atoms with E-state index in [9.17, 15) is 15.5 Å². The number of likely N-dealkylation sites (tertiary alicyclic amines) is 1. The summed E-state index contributed by atoms with van der Waals surface area (Å²) in [6.45, 7) is 3.87. The zero-order valence-corrected chi connectivity index (χ0v) is 28.9. The number of anilines is 1. The first-order chi connectivity index (χ1) is 24.6. The van der Waals surface area contributed by atoms with E-state index in [1.807, 2.05) is 0 Å². The van der Waals surface area contributed by atoms with Gasteiger partial charge in [0.15, 0.2) is 5.82 Å². The molecule has 4 aromatic rings. The van der Waals surface area contributed by atoms with E-state index in [0.717, 1.165) is 51.5 Å². The van der Waals surface area contributed by atoms with Gasteiger partial charge in [-0.25, -0.2) is 13.8 Å². The molecule has 2 aromatic carbocycles. The van der Waals surface area contributed by atoms with E-state index in [2.05, 4.69) is 20.9 Å². The smallest absolute Gasteiger partial charge is 0.319 e. The van der Waals surface area contributed by atoms with Crippen molar-refractivity contribution in [1.82, 2.24) is 19.9 Å². The fraction of sp³-hybridized carbons (Fsp3) is 0.526. The van der Waals surface area contributed by atoms with E-state index in [-0.39, 0.29) is 82.1 Å². The minimum Gasteiger partial charge on any atom is -0.508 e. The predicted molar refractivity (Wildman–Crippen MR) is 186 cm³/mol. The van der Waals surface area contributed by atoms with Gasteiger partial charge in [-0.3, -0.25) is 4.90 Å². The Morgan fingerprint density at radius 3 is 2.73 bits per heavy atom. The molecular weight excluding hydrogens is 658 g/mol. The van der Waals surface area contributed by atoms with Crippen LogP contribution in [-0.4, -0.2) is 94.3 Å². The van der Waals surface area contributed by atoms with Gasteiger partial charge in [0.1, 0.15) is 39.6 Å². The molecule has 2 aliphatic carbocycles. The third-order valence-electron chi connectivity index (χ3n) is 11.4. The van der Waals surface area contributed by atoms with Crippen molar-refractivity contribution in [2.45, 2.75) is 69.6 Å². The summed E-state index contributed by atoms with van der Waals surface area (Å²) in [4.78, 5) is 18.4. The van der Waals surface area contributed by atoms with Gasteiger partial charge in [0.2, 0.25) is 5.88 Å². The van der Waals surface area contributed by atoms with Gasteiger partial charge in [0, 0.05) is 40.9 Å². The highest BCUT2D eigenvalue weighted by Gasteiger charge is 2.51. The fourth-order valence-corrected chi connectivity index (χ4v) is 9.01. The minimum atomic E-state index is -1.24. The van der Waals surface area contributed by atoms with Gasteiger partial charge in [0.25, 0.3) is 0 Å². The number of benzene rings is 2. The second-order valence-corrected chi connectivity index (χ2v) is 15.0. The van der Waals surface area contributed by atoms with Crippen molar-refractivity contribution < 1.29 is 33.2 Å². The van der Waals surface area contributed by atoms with Crippen LogP contribution < -0.4 is 14.4 Å². The van der Waals surface area contributed by atoms with Crippen LogP contribution in [0.15, 0.2) is 30.3 Å². The number of phenols is 1. The molecule has 11 nitrogen and oxygen atoms in total. The maximum absolute atomic E-state index is 17.1. The number of aromatic nitrogens is 3. The number of ether oxygens (including phenoxy) is 3. The quantitative estimate of drug-likeness (QED) is 0.244. The molecule has 51 heavy (non-hydrogen) atoms. The van der Waals surface area contributed by atoms with Crippen molar-refractivity contribution in [1.29, 1.82) is 5.26 Å². The standard InChI is InChI=1S/C38H42F2N6O5/c1-37(48)19-45(12-13-50-20-37)34-30-33(31(40)32(42-35(30)49-2)26-17-25(47)16-23-6-3-7-27(39)29(23)26)43-36(44-34)51-21-38-9-4-8-28(38)46(11-5-10-38)24-14-22(15-24)18-41/h3,6-7,16-17,22,24,28,47-48H,4-5,8-15,19-21H2,1-2H3/t22?,24?,28-,37+,38-/m1/s1. The number of fused-ring (bicyclic) bond motifs is 3. The Morgan fingerprint density at radius 1 is 1.10 bits per heavy atom. The van der Waals surface area contributed by atoms with Crippen LogP contribution in [0.25, 0.3) is 32.9 Å². The van der Waals surface area contributed by atoms with Gasteiger partial charge in [-0.15, -0.1) is 0 Å². The molecule has 0 bridgehead atoms. The summed E-state index contributed by atoms with van der Waals surface area (Å²) in [6, 6.07) is 10.2. The number of hydrogen-bond acceptors (Lipinski definition) is 11. The summed E-state index contributed by atoms with van der Waals surface area (Å²) in [7, 11) is 1.40. The number of aromatic hydroxyl groups is 1. The molecule has 0 amide bonds. The van der Waals surface area contributed by atoms with Crippen LogP contribution in [0.5, 0.6) is 17.6 Å². The molecule has 2 saturated heterocycles. The molecule has 2 saturated carbocycles. The summed E-state index contributed by atoms with van der Waals surface area (Å²) < 4.78 is 50.4. The predicted octanol–water partition coefficient (Wildman–Crippen LogP) is 5.74. The number of nitriles is 1. The lowest BCUT2D eigenvalue weighted by Gasteiger charge is -2.52. The van der Waals surface area contributed by atoms with E-state index in [0.29, 0.717) is 30.6 Å². The minimum absolute atomic E-state index is 0.00543. The average Bonchev–Trinajstić information content (AvgIpc) is 3.44. The maximum Gasteiger partial charge on any atom is 0.319 e. The van der Waals surface area contributed by atoms with Crippen molar-refractivity contribution in [2.24, 2.45) is 11.3 Å². The average molecular weight is 701 g/mol. The van der Waals surface area contributed by atoms with Crippen molar-refractivity contribution in [3.63, 3.8) is 0 Å². The molecule has 3 atom stereocenters. The summed E-state index contributed by atoms with van der Waals surface area (Å²) in [6.07, 6.45) is 6.93. The van der Waals surface area contributed by atoms with Crippen LogP contribution in [0.2, 0.25) is 0 Å². The van der Waals surface area contributed by atoms with Crippen LogP contribution in [-0.2, 0) is 4.74 Å². The zero-order chi connectivity index (χ0) is 35.5. The number of β-amino-alcohol motifs (C(OH)–C–C–N with tert-alkyl or cyclic N) is 1. The van der Waals surface area contributed by atoms with Crippen LogP contribution in [0.3, 0.4) is 0 Å². The molecule has 0 spiro atoms. The largest absolute Gasteiger partial charge is 0.508 e. The van der Waals surface area contributed by atoms with Crippen molar-refractivity contribution in [3.05, 3.63) is 42.0 Å². The molecular formula is C38H42F2N6O5. The van der Waals surface area contributed by atoms with Gasteiger partial charge < -0.3 is 29.3 Å². The third kappa shape index (κ3) is 5.97. The lowest BCUT2D eigenvalue weighted by molar-refractivity contribution is -0.0472. The third-order valence-corrected chi connectivity index (χ3v) is 11.4. The summed E-state index contributed by atoms with van der Waals surface area (Å²) >= 11 is 0. The van der Waals surface area contributed by atoms with Crippen LogP contribution >= 0.6 is 0 Å². The Morgan fingerprint density at radius 2 is 1.92 bits per heavy atom. The van der Waals surface area contributed by atoms with E-state index in [1.165, 1.54) is 31.4 Å². The van der Waals surface area contributed by atoms with Gasteiger partial charge in [-0.2, -0.15) is 15.2 Å². The Bertz CT molecular complexity index is 2030. The Balaban J connectivity index is 1.24. The molecule has 2 N–H and O–H groups in total. The van der Waals surface area contributed by atoms with Crippen LogP contribution in [0.4, 0.5) is 14.6 Å². The molecule has 4 heterocycles. The summed E-state index contributed by atoms with van der Waals surface area (Å²) in [5, 5.41) is 31.7. The highest BCUT2D eigenvalue weighted by atomic mass is 19.1. The normalized spacial score (nSPS) is 28.2. The molecule has 268 valence electrons. The summed E-state index contributed by atoms with van der Waals surface area (Å²) in [5.74, 6) is -1.25. The number of piperidine rings is 1. The number of pyridine rings is 1. The molecule has 4 aliphatic rings. The van der Waals surface area contributed by atoms with Gasteiger partial charge in [-0.05, 0) is 75.6 Å². The monoisotopic (exact) mass is 700 g/mol. The van der Waals surface area contributed by atoms with Crippen LogP contribution in [0.1, 0.15) is 51.9 Å². The number of hydrogen-bond donors (Lipinski definition) is 2. The zero-order valence-electron chi connectivity index (χ0n) is 28.9. The van der Waals surface area contributed by atoms with Crippen molar-refractivity contribution >= 4 is 27.5 Å². The van der Waals surface area contributed by atoms with Crippen LogP contribution in [0, 0.1) is 34.3 Å². The molecule has 2 aromatic heterocycles. The topological polar surface area (TPSA) is 137 Å². The molecule has 2 aliphatic heterocycles. The lowest BCUT2D eigenvalue weighted by Crippen LogP contribution is -2.58. The fourth-order valence-electron chi connectivity index (χ4n) is 9.01. The number of rotatable bonds is 7. The second kappa shape index (κ2) is 13.0. The lowest BCUT2D eigenvalue weighted by atomic mass is 9.72. The molecule has 0 radical (unpaired) electrons. The second-order valence-electron chi connectivity index (χ2n) is 15.0. The molecule has 4 fully saturated rings. The first-order valence-electron chi connectivity index (χ1n) is 17.8. The molecule has 13 heteroatoms. The van der Waals surface area contributed by atoms with Gasteiger partial charge in [-0.1, -0.05) is 18.6 Å². The Kier molecular flexibility index (Phi) is 8.60. The van der Waals surface area contributed by atoms with Gasteiger partial charge in [0.05, 0.1) is 39.5 Å². The molecule has 8 rings (SSSR count). The SMILES string of the molecule is COc1nc(-c2cc(O)cc3cccc(F)c23)c(F)c2nc(OC[C@]34CCC[C@H]3N(C3CC(C#N)C3)CCC4)nc(N3CCOC[C@@](C)(O)C3)c12. The summed E-state index contributed by atoms with van der Waals surface area (Å²) in [5.41, 5.74) is -1.72. The first-order valence-corrected chi connectivity index (χ1v) is 17.8.